The Morgan fingerprint density at radius 1 is 1.27 bits per heavy atom. The molecule has 0 aliphatic rings. The van der Waals surface area contributed by atoms with Gasteiger partial charge in [0.25, 0.3) is 0 Å². The van der Waals surface area contributed by atoms with Crippen LogP contribution in [-0.4, -0.2) is 24.0 Å². The minimum atomic E-state index is -2.89. The standard InChI is InChI=1S/C17H14BrF2N3OS2/c1-2-21-17-23(12(10-25-17)14-7-8-15(18)26-14)22-9-11-5-3-4-6-13(11)24-16(19)20/h3-10,16H,2H2,1H3/b21-17?,22-9-. The second-order valence-corrected chi connectivity index (χ2v) is 8.25. The fourth-order valence-electron chi connectivity index (χ4n) is 2.19. The van der Waals surface area contributed by atoms with E-state index >= 15 is 0 Å². The summed E-state index contributed by atoms with van der Waals surface area (Å²) in [6.45, 7) is -0.321. The summed E-state index contributed by atoms with van der Waals surface area (Å²) in [7, 11) is 0. The van der Waals surface area contributed by atoms with Gasteiger partial charge in [-0.3, -0.25) is 4.99 Å². The molecule has 0 aliphatic heterocycles. The lowest BCUT2D eigenvalue weighted by Gasteiger charge is -2.07. The number of hydrogen-bond acceptors (Lipinski definition) is 5. The molecule has 136 valence electrons. The van der Waals surface area contributed by atoms with Crippen molar-refractivity contribution < 1.29 is 13.5 Å². The lowest BCUT2D eigenvalue weighted by Crippen LogP contribution is -2.12. The normalized spacial score (nSPS) is 12.4. The number of para-hydroxylation sites is 1. The summed E-state index contributed by atoms with van der Waals surface area (Å²) in [5.41, 5.74) is 1.36. The van der Waals surface area contributed by atoms with E-state index in [1.165, 1.54) is 23.6 Å². The maximum atomic E-state index is 12.6. The highest BCUT2D eigenvalue weighted by atomic mass is 79.9. The minimum Gasteiger partial charge on any atom is -0.434 e. The van der Waals surface area contributed by atoms with Crippen LogP contribution in [-0.2, 0) is 0 Å². The summed E-state index contributed by atoms with van der Waals surface area (Å²) in [5.74, 6) is 0.0801. The third-order valence-corrected chi connectivity index (χ3v) is 5.75. The van der Waals surface area contributed by atoms with Crippen LogP contribution >= 0.6 is 38.6 Å². The van der Waals surface area contributed by atoms with Crippen molar-refractivity contribution in [1.29, 1.82) is 0 Å². The van der Waals surface area contributed by atoms with Crippen LogP contribution < -0.4 is 9.54 Å². The van der Waals surface area contributed by atoms with E-state index in [0.717, 1.165) is 19.2 Å². The van der Waals surface area contributed by atoms with Crippen molar-refractivity contribution in [1.82, 2.24) is 4.68 Å². The van der Waals surface area contributed by atoms with Crippen molar-refractivity contribution in [3.8, 4) is 16.3 Å². The Kier molecular flexibility index (Phi) is 6.33. The topological polar surface area (TPSA) is 38.9 Å². The third-order valence-electron chi connectivity index (χ3n) is 3.25. The first-order chi connectivity index (χ1) is 12.6. The van der Waals surface area contributed by atoms with Crippen LogP contribution in [0.1, 0.15) is 12.5 Å². The maximum absolute atomic E-state index is 12.6. The zero-order chi connectivity index (χ0) is 18.5. The molecule has 0 saturated heterocycles. The number of rotatable bonds is 6. The lowest BCUT2D eigenvalue weighted by atomic mass is 10.2. The fourth-order valence-corrected chi connectivity index (χ4v) is 4.54. The van der Waals surface area contributed by atoms with Crippen molar-refractivity contribution in [3.63, 3.8) is 0 Å². The Bertz CT molecular complexity index is 978. The first-order valence-corrected chi connectivity index (χ1v) is 10.1. The lowest BCUT2D eigenvalue weighted by molar-refractivity contribution is -0.0499. The van der Waals surface area contributed by atoms with E-state index in [2.05, 4.69) is 30.8 Å². The van der Waals surface area contributed by atoms with Crippen LogP contribution in [0, 0.1) is 0 Å². The summed E-state index contributed by atoms with van der Waals surface area (Å²) >= 11 is 6.52. The number of ether oxygens (including phenoxy) is 1. The summed E-state index contributed by atoms with van der Waals surface area (Å²) in [5, 5.41) is 6.46. The molecule has 0 saturated carbocycles. The molecule has 0 radical (unpaired) electrons. The van der Waals surface area contributed by atoms with Gasteiger partial charge in [0, 0.05) is 17.5 Å². The van der Waals surface area contributed by atoms with Crippen molar-refractivity contribution in [2.45, 2.75) is 13.5 Å². The summed E-state index contributed by atoms with van der Waals surface area (Å²) in [6.07, 6.45) is 1.51. The zero-order valence-corrected chi connectivity index (χ0v) is 16.8. The number of benzene rings is 1. The van der Waals surface area contributed by atoms with E-state index in [-0.39, 0.29) is 5.75 Å². The van der Waals surface area contributed by atoms with Gasteiger partial charge in [-0.1, -0.05) is 12.1 Å². The van der Waals surface area contributed by atoms with Gasteiger partial charge in [0.15, 0.2) is 0 Å². The predicted molar refractivity (Wildman–Crippen MR) is 105 cm³/mol. The van der Waals surface area contributed by atoms with Crippen molar-refractivity contribution in [2.75, 3.05) is 6.54 Å². The highest BCUT2D eigenvalue weighted by molar-refractivity contribution is 9.11. The average molecular weight is 458 g/mol. The molecule has 4 nitrogen and oxygen atoms in total. The molecule has 26 heavy (non-hydrogen) atoms. The highest BCUT2D eigenvalue weighted by Gasteiger charge is 2.11. The predicted octanol–water partition coefficient (Wildman–Crippen LogP) is 5.44. The van der Waals surface area contributed by atoms with Crippen LogP contribution in [0.5, 0.6) is 5.75 Å². The number of halogens is 3. The van der Waals surface area contributed by atoms with Gasteiger partial charge >= 0.3 is 6.61 Å². The van der Waals surface area contributed by atoms with Gasteiger partial charge in [-0.15, -0.1) is 22.7 Å². The van der Waals surface area contributed by atoms with Crippen LogP contribution in [0.3, 0.4) is 0 Å². The number of nitrogens with zero attached hydrogens (tertiary/aromatic N) is 3. The quantitative estimate of drug-likeness (QED) is 0.453. The van der Waals surface area contributed by atoms with E-state index in [1.54, 1.807) is 34.2 Å². The fraction of sp³-hybridized carbons (Fsp3) is 0.176. The van der Waals surface area contributed by atoms with E-state index in [4.69, 9.17) is 0 Å². The Morgan fingerprint density at radius 3 is 2.77 bits per heavy atom. The molecule has 2 heterocycles. The number of alkyl halides is 2. The molecule has 0 fully saturated rings. The van der Waals surface area contributed by atoms with Crippen LogP contribution in [0.15, 0.2) is 55.7 Å². The number of aromatic nitrogens is 1. The molecule has 0 N–H and O–H groups in total. The second-order valence-electron chi connectivity index (χ2n) is 4.95. The minimum absolute atomic E-state index is 0.0801. The Balaban J connectivity index is 2.03. The number of thiophene rings is 1. The monoisotopic (exact) mass is 457 g/mol. The van der Waals surface area contributed by atoms with Gasteiger partial charge in [0.1, 0.15) is 5.75 Å². The zero-order valence-electron chi connectivity index (χ0n) is 13.6. The van der Waals surface area contributed by atoms with Gasteiger partial charge in [-0.05, 0) is 47.1 Å². The highest BCUT2D eigenvalue weighted by Crippen LogP contribution is 2.31. The smallest absolute Gasteiger partial charge is 0.387 e. The maximum Gasteiger partial charge on any atom is 0.387 e. The van der Waals surface area contributed by atoms with Gasteiger partial charge in [-0.25, -0.2) is 4.68 Å². The van der Waals surface area contributed by atoms with Crippen molar-refractivity contribution in [3.05, 3.63) is 55.9 Å². The number of thiazole rings is 1. The van der Waals surface area contributed by atoms with E-state index < -0.39 is 6.61 Å². The second kappa shape index (κ2) is 8.70. The molecule has 2 aromatic heterocycles. The van der Waals surface area contributed by atoms with Gasteiger partial charge < -0.3 is 4.74 Å². The first kappa shape index (κ1) is 18.9. The molecule has 0 spiro atoms. The van der Waals surface area contributed by atoms with Crippen LogP contribution in [0.2, 0.25) is 0 Å². The molecule has 0 amide bonds. The molecule has 9 heteroatoms. The van der Waals surface area contributed by atoms with Gasteiger partial charge in [-0.2, -0.15) is 13.9 Å². The molecule has 0 bridgehead atoms. The molecule has 3 aromatic rings. The summed E-state index contributed by atoms with van der Waals surface area (Å²) in [6, 6.07) is 10.5. The van der Waals surface area contributed by atoms with E-state index in [1.807, 2.05) is 24.4 Å². The summed E-state index contributed by atoms with van der Waals surface area (Å²) in [4.78, 5) is 6.21. The molecule has 0 atom stereocenters. The van der Waals surface area contributed by atoms with Gasteiger partial charge in [0.2, 0.25) is 4.80 Å². The molecular weight excluding hydrogens is 444 g/mol. The SMILES string of the molecule is CCN=c1scc(-c2ccc(Br)s2)n1/N=C\c1ccccc1OC(F)F. The van der Waals surface area contributed by atoms with Crippen molar-refractivity contribution >= 4 is 44.8 Å². The molecule has 0 unspecified atom stereocenters. The molecule has 0 aliphatic carbocycles. The van der Waals surface area contributed by atoms with E-state index in [9.17, 15) is 8.78 Å². The number of hydrogen-bond donors (Lipinski definition) is 0. The Hall–Kier alpha value is -1.84. The largest absolute Gasteiger partial charge is 0.434 e. The van der Waals surface area contributed by atoms with Crippen LogP contribution in [0.25, 0.3) is 10.6 Å². The van der Waals surface area contributed by atoms with E-state index in [0.29, 0.717) is 12.1 Å². The average Bonchev–Trinajstić information content (AvgIpc) is 3.20. The van der Waals surface area contributed by atoms with Crippen molar-refractivity contribution in [2.24, 2.45) is 10.1 Å². The third kappa shape index (κ3) is 4.46. The van der Waals surface area contributed by atoms with Gasteiger partial charge in [0.05, 0.1) is 20.6 Å². The van der Waals surface area contributed by atoms with Crippen LogP contribution in [0.4, 0.5) is 8.78 Å². The Labute approximate surface area is 165 Å². The first-order valence-electron chi connectivity index (χ1n) is 7.63. The Morgan fingerprint density at radius 2 is 2.08 bits per heavy atom. The summed E-state index contributed by atoms with van der Waals surface area (Å²) < 4.78 is 32.4. The molecule has 1 aromatic carbocycles. The molecular formula is C17H14BrF2N3OS2. The molecule has 3 rings (SSSR count).